The Bertz CT molecular complexity index is 268. The molecular formula is C12H23AlO4. The van der Waals surface area contributed by atoms with Crippen molar-refractivity contribution in [2.45, 2.75) is 52.9 Å². The highest BCUT2D eigenvalue weighted by atomic mass is 27.0. The van der Waals surface area contributed by atoms with Crippen molar-refractivity contribution >= 4 is 34.9 Å². The van der Waals surface area contributed by atoms with Crippen LogP contribution in [0.5, 0.6) is 0 Å². The summed E-state index contributed by atoms with van der Waals surface area (Å²) in [6.07, 6.45) is 1.46. The number of rotatable bonds is 8. The first-order valence-corrected chi connectivity index (χ1v) is 5.77. The third-order valence-electron chi connectivity index (χ3n) is 2.80. The van der Waals surface area contributed by atoms with Crippen molar-refractivity contribution in [1.29, 1.82) is 0 Å². The number of carboxylic acid groups (broad SMARTS) is 1. The zero-order valence-corrected chi connectivity index (χ0v) is 10.2. The molecule has 0 fully saturated rings. The minimum Gasteiger partial charge on any atom is -0.480 e. The van der Waals surface area contributed by atoms with Crippen molar-refractivity contribution < 1.29 is 19.5 Å². The van der Waals surface area contributed by atoms with Crippen LogP contribution in [0.15, 0.2) is 0 Å². The molecule has 0 heterocycles. The molecule has 0 aromatic carbocycles. The molecule has 0 atom stereocenters. The number of ketones is 2. The van der Waals surface area contributed by atoms with E-state index >= 15 is 0 Å². The highest BCUT2D eigenvalue weighted by molar-refractivity contribution is 6.21. The first-order valence-electron chi connectivity index (χ1n) is 5.77. The maximum absolute atomic E-state index is 11.9. The van der Waals surface area contributed by atoms with E-state index in [0.29, 0.717) is 12.8 Å². The molecule has 0 spiro atoms. The van der Waals surface area contributed by atoms with E-state index in [4.69, 9.17) is 0 Å². The monoisotopic (exact) mass is 258 g/mol. The van der Waals surface area contributed by atoms with Gasteiger partial charge in [-0.15, -0.1) is 0 Å². The summed E-state index contributed by atoms with van der Waals surface area (Å²) < 4.78 is 0. The maximum atomic E-state index is 11.9. The summed E-state index contributed by atoms with van der Waals surface area (Å²) in [7, 11) is 0. The molecular weight excluding hydrogens is 235 g/mol. The number of hydrogen-bond donors (Lipinski definition) is 1. The summed E-state index contributed by atoms with van der Waals surface area (Å²) in [5.41, 5.74) is -1.80. The van der Waals surface area contributed by atoms with Crippen LogP contribution in [0.4, 0.5) is 0 Å². The zero-order chi connectivity index (χ0) is 12.8. The van der Waals surface area contributed by atoms with Crippen LogP contribution in [-0.4, -0.2) is 40.0 Å². The van der Waals surface area contributed by atoms with E-state index in [9.17, 15) is 19.5 Å². The van der Waals surface area contributed by atoms with E-state index in [0.717, 1.165) is 0 Å². The Morgan fingerprint density at radius 2 is 1.29 bits per heavy atom. The Balaban J connectivity index is 0. The predicted molar refractivity (Wildman–Crippen MR) is 70.1 cm³/mol. The molecule has 17 heavy (non-hydrogen) atoms. The zero-order valence-electron chi connectivity index (χ0n) is 10.2. The molecule has 5 heteroatoms. The minimum absolute atomic E-state index is 0. The Morgan fingerprint density at radius 3 is 1.47 bits per heavy atom. The van der Waals surface area contributed by atoms with E-state index in [1.165, 1.54) is 0 Å². The van der Waals surface area contributed by atoms with Gasteiger partial charge in [0.1, 0.15) is 0 Å². The lowest BCUT2D eigenvalue weighted by Gasteiger charge is -2.24. The molecule has 0 amide bonds. The van der Waals surface area contributed by atoms with E-state index in [1.54, 1.807) is 20.8 Å². The van der Waals surface area contributed by atoms with Crippen LogP contribution in [0.25, 0.3) is 0 Å². The van der Waals surface area contributed by atoms with Crippen molar-refractivity contribution in [2.75, 3.05) is 0 Å². The van der Waals surface area contributed by atoms with Crippen LogP contribution in [0.1, 0.15) is 52.9 Å². The lowest BCUT2D eigenvalue weighted by Crippen LogP contribution is -2.45. The lowest BCUT2D eigenvalue weighted by molar-refractivity contribution is -0.160. The number of hydrogen-bond acceptors (Lipinski definition) is 3. The standard InChI is InChI=1S/C12H20O4.Al.3H/c1-4-7-9(13)12(6-3,11(15)16)10(14)8-5-2;;;;/h4-8H2,1-3H3,(H,15,16);;;;. The van der Waals surface area contributed by atoms with E-state index in [1.807, 2.05) is 0 Å². The molecule has 0 aromatic heterocycles. The number of carboxylic acids is 1. The van der Waals surface area contributed by atoms with Crippen molar-refractivity contribution in [3.8, 4) is 0 Å². The van der Waals surface area contributed by atoms with Crippen LogP contribution in [-0.2, 0) is 14.4 Å². The second-order valence-corrected chi connectivity index (χ2v) is 3.91. The van der Waals surface area contributed by atoms with Crippen LogP contribution >= 0.6 is 0 Å². The average Bonchev–Trinajstić information content (AvgIpc) is 2.19. The van der Waals surface area contributed by atoms with Gasteiger partial charge in [-0.3, -0.25) is 14.4 Å². The average molecular weight is 258 g/mol. The normalized spacial score (nSPS) is 10.5. The Labute approximate surface area is 113 Å². The summed E-state index contributed by atoms with van der Waals surface area (Å²) >= 11 is 0. The molecule has 0 unspecified atom stereocenters. The SMILES string of the molecule is CCCC(=O)C(CC)(C(=O)O)C(=O)CCC.[AlH3]. The van der Waals surface area contributed by atoms with Gasteiger partial charge in [0, 0.05) is 12.8 Å². The van der Waals surface area contributed by atoms with Gasteiger partial charge in [0.25, 0.3) is 0 Å². The first kappa shape index (κ1) is 18.7. The molecule has 4 nitrogen and oxygen atoms in total. The third-order valence-corrected chi connectivity index (χ3v) is 2.80. The molecule has 0 aliphatic carbocycles. The molecule has 0 aliphatic rings. The smallest absolute Gasteiger partial charge is 0.324 e. The molecule has 0 bridgehead atoms. The van der Waals surface area contributed by atoms with Gasteiger partial charge in [0.05, 0.1) is 0 Å². The Kier molecular flexibility index (Phi) is 9.28. The van der Waals surface area contributed by atoms with Gasteiger partial charge in [-0.1, -0.05) is 20.8 Å². The van der Waals surface area contributed by atoms with Gasteiger partial charge in [-0.2, -0.15) is 0 Å². The minimum atomic E-state index is -1.80. The maximum Gasteiger partial charge on any atom is 0.324 e. The summed E-state index contributed by atoms with van der Waals surface area (Å²) in [6, 6.07) is 0. The van der Waals surface area contributed by atoms with Crippen LogP contribution in [0.3, 0.4) is 0 Å². The van der Waals surface area contributed by atoms with Crippen molar-refractivity contribution in [1.82, 2.24) is 0 Å². The van der Waals surface area contributed by atoms with Crippen LogP contribution < -0.4 is 0 Å². The summed E-state index contributed by atoms with van der Waals surface area (Å²) in [6.45, 7) is 5.17. The number of aliphatic carboxylic acids is 1. The van der Waals surface area contributed by atoms with Crippen LogP contribution in [0, 0.1) is 5.41 Å². The molecule has 0 saturated carbocycles. The van der Waals surface area contributed by atoms with E-state index < -0.39 is 23.0 Å². The third kappa shape index (κ3) is 3.94. The van der Waals surface area contributed by atoms with Gasteiger partial charge in [-0.05, 0) is 19.3 Å². The van der Waals surface area contributed by atoms with Gasteiger partial charge < -0.3 is 5.11 Å². The largest absolute Gasteiger partial charge is 0.480 e. The quantitative estimate of drug-likeness (QED) is 0.521. The van der Waals surface area contributed by atoms with Crippen molar-refractivity contribution in [3.05, 3.63) is 0 Å². The number of carbonyl (C=O) groups excluding carboxylic acids is 2. The van der Waals surface area contributed by atoms with Gasteiger partial charge >= 0.3 is 5.97 Å². The van der Waals surface area contributed by atoms with Gasteiger partial charge in [0.15, 0.2) is 34.3 Å². The Hall–Kier alpha value is -0.658. The number of carbonyl (C=O) groups is 3. The number of Topliss-reactive ketones (excluding diaryl/α,β-unsaturated/α-hetero) is 2. The van der Waals surface area contributed by atoms with E-state index in [2.05, 4.69) is 0 Å². The van der Waals surface area contributed by atoms with Crippen molar-refractivity contribution in [2.24, 2.45) is 5.41 Å². The molecule has 98 valence electrons. The molecule has 0 saturated heterocycles. The fourth-order valence-electron chi connectivity index (χ4n) is 1.82. The van der Waals surface area contributed by atoms with Crippen LogP contribution in [0.2, 0.25) is 0 Å². The fraction of sp³-hybridized carbons (Fsp3) is 0.750. The predicted octanol–water partition coefficient (Wildman–Crippen LogP) is 1.02. The highest BCUT2D eigenvalue weighted by Crippen LogP contribution is 2.29. The summed E-state index contributed by atoms with van der Waals surface area (Å²) in [5, 5.41) is 9.18. The first-order chi connectivity index (χ1) is 7.47. The highest BCUT2D eigenvalue weighted by Gasteiger charge is 2.49. The lowest BCUT2D eigenvalue weighted by atomic mass is 9.74. The van der Waals surface area contributed by atoms with E-state index in [-0.39, 0.29) is 36.6 Å². The van der Waals surface area contributed by atoms with Gasteiger partial charge in [-0.25, -0.2) is 0 Å². The second kappa shape index (κ2) is 8.44. The second-order valence-electron chi connectivity index (χ2n) is 3.91. The Morgan fingerprint density at radius 1 is 0.941 bits per heavy atom. The molecule has 0 aromatic rings. The molecule has 0 aliphatic heterocycles. The summed E-state index contributed by atoms with van der Waals surface area (Å²) in [4.78, 5) is 34.9. The molecule has 1 N–H and O–H groups in total. The molecule has 0 rings (SSSR count). The topological polar surface area (TPSA) is 71.4 Å². The van der Waals surface area contributed by atoms with Crippen molar-refractivity contribution in [3.63, 3.8) is 0 Å². The molecule has 0 radical (unpaired) electrons. The fourth-order valence-corrected chi connectivity index (χ4v) is 1.82. The summed E-state index contributed by atoms with van der Waals surface area (Å²) in [5.74, 6) is -2.21. The van der Waals surface area contributed by atoms with Gasteiger partial charge in [0.2, 0.25) is 0 Å².